The predicted molar refractivity (Wildman–Crippen MR) is 110 cm³/mol. The molecule has 2 aromatic heterocycles. The second kappa shape index (κ2) is 8.41. The largest absolute Gasteiger partial charge is 0.477 e. The van der Waals surface area contributed by atoms with Crippen molar-refractivity contribution in [3.8, 4) is 28.3 Å². The fraction of sp³-hybridized carbons (Fsp3) is 0.318. The lowest BCUT2D eigenvalue weighted by molar-refractivity contribution is -0.126. The van der Waals surface area contributed by atoms with E-state index in [1.54, 1.807) is 28.9 Å². The number of ether oxygens (including phenoxy) is 1. The van der Waals surface area contributed by atoms with Crippen LogP contribution in [0.1, 0.15) is 13.3 Å². The summed E-state index contributed by atoms with van der Waals surface area (Å²) in [4.78, 5) is 16.4. The summed E-state index contributed by atoms with van der Waals surface area (Å²) in [6.45, 7) is 0.148. The third-order valence-corrected chi connectivity index (χ3v) is 5.20. The van der Waals surface area contributed by atoms with Gasteiger partial charge in [0.15, 0.2) is 0 Å². The molecule has 1 amide bonds. The summed E-state index contributed by atoms with van der Waals surface area (Å²) in [5.41, 5.74) is 0.833. The van der Waals surface area contributed by atoms with Crippen LogP contribution in [0.4, 0.5) is 19.0 Å². The van der Waals surface area contributed by atoms with Gasteiger partial charge in [0, 0.05) is 24.7 Å². The predicted octanol–water partition coefficient (Wildman–Crippen LogP) is 4.42. The van der Waals surface area contributed by atoms with E-state index >= 15 is 0 Å². The van der Waals surface area contributed by atoms with Gasteiger partial charge in [0.1, 0.15) is 36.1 Å². The maximum absolute atomic E-state index is 13.4. The van der Waals surface area contributed by atoms with Crippen LogP contribution in [-0.2, 0) is 11.3 Å². The summed E-state index contributed by atoms with van der Waals surface area (Å²) in [6.07, 6.45) is 2.29. The number of amides is 1. The number of carbonyl (C=O) groups excluding carboxylic acids is 1. The van der Waals surface area contributed by atoms with Gasteiger partial charge in [-0.2, -0.15) is 5.10 Å². The smallest absolute Gasteiger partial charge is 0.236 e. The van der Waals surface area contributed by atoms with Gasteiger partial charge >= 0.3 is 0 Å². The van der Waals surface area contributed by atoms with Crippen LogP contribution in [-0.4, -0.2) is 40.6 Å². The van der Waals surface area contributed by atoms with Gasteiger partial charge in [-0.05, 0) is 48.9 Å². The molecule has 0 bridgehead atoms. The number of nitrogens with zero attached hydrogens (tertiary/aromatic N) is 3. The summed E-state index contributed by atoms with van der Waals surface area (Å²) >= 11 is 0. The number of carbonyl (C=O) groups is 1. The van der Waals surface area contributed by atoms with Crippen LogP contribution in [0.25, 0.3) is 22.4 Å². The highest BCUT2D eigenvalue weighted by Gasteiger charge is 2.34. The maximum Gasteiger partial charge on any atom is 0.236 e. The molecule has 0 spiro atoms. The van der Waals surface area contributed by atoms with E-state index in [0.29, 0.717) is 41.4 Å². The number of benzene rings is 1. The second-order valence-corrected chi connectivity index (χ2v) is 7.67. The number of rotatable bonds is 6. The monoisotopic (exact) mass is 430 g/mol. The van der Waals surface area contributed by atoms with Crippen LogP contribution in [0.15, 0.2) is 42.6 Å². The topological polar surface area (TPSA) is 69.0 Å². The second-order valence-electron chi connectivity index (χ2n) is 7.67. The van der Waals surface area contributed by atoms with Crippen molar-refractivity contribution in [2.45, 2.75) is 19.9 Å². The van der Waals surface area contributed by atoms with Gasteiger partial charge in [-0.25, -0.2) is 22.8 Å². The SMILES string of the molecule is CC(CF)(CF)C(=O)Nc1cc(-c2c(-c3ccc(F)cc3)nn3c2OCCC3)ccn1. The van der Waals surface area contributed by atoms with Crippen molar-refractivity contribution in [2.24, 2.45) is 5.41 Å². The van der Waals surface area contributed by atoms with Crippen LogP contribution >= 0.6 is 0 Å². The van der Waals surface area contributed by atoms with E-state index in [1.807, 2.05) is 0 Å². The highest BCUT2D eigenvalue weighted by Crippen LogP contribution is 2.41. The minimum Gasteiger partial charge on any atom is -0.477 e. The fourth-order valence-electron chi connectivity index (χ4n) is 3.28. The van der Waals surface area contributed by atoms with E-state index in [2.05, 4.69) is 15.4 Å². The first-order valence-corrected chi connectivity index (χ1v) is 9.84. The van der Waals surface area contributed by atoms with Gasteiger partial charge in [-0.15, -0.1) is 0 Å². The van der Waals surface area contributed by atoms with E-state index in [0.717, 1.165) is 6.42 Å². The zero-order chi connectivity index (χ0) is 22.0. The van der Waals surface area contributed by atoms with Crippen molar-refractivity contribution in [3.05, 3.63) is 48.4 Å². The molecule has 9 heteroatoms. The molecule has 31 heavy (non-hydrogen) atoms. The minimum absolute atomic E-state index is 0.149. The number of hydrogen-bond acceptors (Lipinski definition) is 4. The first-order valence-electron chi connectivity index (χ1n) is 9.84. The average molecular weight is 430 g/mol. The van der Waals surface area contributed by atoms with Crippen molar-refractivity contribution in [1.29, 1.82) is 0 Å². The number of halogens is 3. The molecule has 3 aromatic rings. The molecule has 0 aliphatic carbocycles. The van der Waals surface area contributed by atoms with E-state index in [1.165, 1.54) is 25.3 Å². The molecule has 0 atom stereocenters. The normalized spacial score (nSPS) is 13.4. The van der Waals surface area contributed by atoms with Gasteiger partial charge in [0.2, 0.25) is 11.8 Å². The van der Waals surface area contributed by atoms with Crippen molar-refractivity contribution in [3.63, 3.8) is 0 Å². The van der Waals surface area contributed by atoms with Crippen LogP contribution in [0.2, 0.25) is 0 Å². The Kier molecular flexibility index (Phi) is 5.67. The number of nitrogens with one attached hydrogen (secondary N) is 1. The van der Waals surface area contributed by atoms with Crippen LogP contribution in [0.3, 0.4) is 0 Å². The van der Waals surface area contributed by atoms with E-state index < -0.39 is 24.7 Å². The van der Waals surface area contributed by atoms with Crippen molar-refractivity contribution < 1.29 is 22.7 Å². The Morgan fingerprint density at radius 3 is 2.65 bits per heavy atom. The Hall–Kier alpha value is -3.36. The number of aromatic nitrogens is 3. The molecule has 0 unspecified atom stereocenters. The number of alkyl halides is 2. The molecule has 1 aliphatic rings. The summed E-state index contributed by atoms with van der Waals surface area (Å²) < 4.78 is 47.4. The first kappa shape index (κ1) is 20.9. The van der Waals surface area contributed by atoms with E-state index in [-0.39, 0.29) is 11.6 Å². The molecule has 4 rings (SSSR count). The van der Waals surface area contributed by atoms with Gasteiger partial charge in [0.25, 0.3) is 0 Å². The highest BCUT2D eigenvalue weighted by atomic mass is 19.1. The number of anilines is 1. The van der Waals surface area contributed by atoms with Gasteiger partial charge in [-0.3, -0.25) is 4.79 Å². The summed E-state index contributed by atoms with van der Waals surface area (Å²) in [6, 6.07) is 9.28. The minimum atomic E-state index is -1.78. The third-order valence-electron chi connectivity index (χ3n) is 5.20. The molecule has 1 aromatic carbocycles. The van der Waals surface area contributed by atoms with Crippen molar-refractivity contribution in [1.82, 2.24) is 14.8 Å². The number of aryl methyl sites for hydroxylation is 1. The molecule has 0 saturated heterocycles. The number of pyridine rings is 1. The molecular weight excluding hydrogens is 409 g/mol. The molecule has 1 aliphatic heterocycles. The molecule has 1 N–H and O–H groups in total. The summed E-state index contributed by atoms with van der Waals surface area (Å²) in [7, 11) is 0. The fourth-order valence-corrected chi connectivity index (χ4v) is 3.28. The van der Waals surface area contributed by atoms with E-state index in [9.17, 15) is 18.0 Å². The Balaban J connectivity index is 1.76. The quantitative estimate of drug-likeness (QED) is 0.629. The summed E-state index contributed by atoms with van der Waals surface area (Å²) in [5, 5.41) is 7.13. The van der Waals surface area contributed by atoms with Gasteiger partial charge < -0.3 is 10.1 Å². The van der Waals surface area contributed by atoms with E-state index in [4.69, 9.17) is 4.74 Å². The van der Waals surface area contributed by atoms with Crippen molar-refractivity contribution >= 4 is 11.7 Å². The summed E-state index contributed by atoms with van der Waals surface area (Å²) in [5.74, 6) is -0.444. The molecule has 162 valence electrons. The lowest BCUT2D eigenvalue weighted by atomic mass is 9.93. The number of hydrogen-bond donors (Lipinski definition) is 1. The third kappa shape index (κ3) is 3.99. The lowest BCUT2D eigenvalue weighted by Gasteiger charge is -2.21. The molecule has 3 heterocycles. The molecule has 0 fully saturated rings. The number of fused-ring (bicyclic) bond motifs is 1. The Labute approximate surface area is 177 Å². The van der Waals surface area contributed by atoms with Crippen LogP contribution < -0.4 is 10.1 Å². The zero-order valence-corrected chi connectivity index (χ0v) is 16.9. The Bertz CT molecular complexity index is 1090. The van der Waals surface area contributed by atoms with Gasteiger partial charge in [0.05, 0.1) is 12.2 Å². The van der Waals surface area contributed by atoms with Crippen LogP contribution in [0, 0.1) is 11.2 Å². The maximum atomic E-state index is 13.4. The van der Waals surface area contributed by atoms with Crippen molar-refractivity contribution in [2.75, 3.05) is 25.3 Å². The zero-order valence-electron chi connectivity index (χ0n) is 16.9. The first-order chi connectivity index (χ1) is 14.9. The standard InChI is InChI=1S/C22H21F3N4O2/c1-22(12-23,13-24)21(30)27-17-11-15(7-8-26-17)18-19(14-3-5-16(25)6-4-14)28-29-9-2-10-31-20(18)29/h3-8,11H,2,9-10,12-13H2,1H3,(H,26,27,30). The average Bonchev–Trinajstić information content (AvgIpc) is 3.18. The lowest BCUT2D eigenvalue weighted by Crippen LogP contribution is -2.37. The molecular formula is C22H21F3N4O2. The molecule has 0 radical (unpaired) electrons. The van der Waals surface area contributed by atoms with Crippen LogP contribution in [0.5, 0.6) is 5.88 Å². The molecule has 6 nitrogen and oxygen atoms in total. The highest BCUT2D eigenvalue weighted by molar-refractivity contribution is 5.95. The molecule has 0 saturated carbocycles. The van der Waals surface area contributed by atoms with Gasteiger partial charge in [-0.1, -0.05) is 0 Å². The Morgan fingerprint density at radius 2 is 1.94 bits per heavy atom. The Morgan fingerprint density at radius 1 is 1.19 bits per heavy atom.